The molecule has 0 saturated heterocycles. The van der Waals surface area contributed by atoms with Crippen molar-refractivity contribution in [3.63, 3.8) is 0 Å². The Morgan fingerprint density at radius 2 is 2.00 bits per heavy atom. The van der Waals surface area contributed by atoms with Crippen LogP contribution in [0.4, 0.5) is 0 Å². The summed E-state index contributed by atoms with van der Waals surface area (Å²) >= 11 is 7.79. The smallest absolute Gasteiger partial charge is 0.0430 e. The van der Waals surface area contributed by atoms with Crippen LogP contribution >= 0.6 is 22.9 Å². The number of aryl methyl sites for hydroxylation is 2. The van der Waals surface area contributed by atoms with E-state index in [2.05, 4.69) is 18.2 Å². The lowest BCUT2D eigenvalue weighted by molar-refractivity contribution is 0.735. The van der Waals surface area contributed by atoms with Crippen LogP contribution in [-0.2, 0) is 19.3 Å². The maximum absolute atomic E-state index is 6.30. The number of halogens is 1. The molecule has 1 aromatic heterocycles. The van der Waals surface area contributed by atoms with Gasteiger partial charge in [0.05, 0.1) is 0 Å². The fourth-order valence-corrected chi connectivity index (χ4v) is 3.89. The van der Waals surface area contributed by atoms with E-state index in [1.807, 2.05) is 23.5 Å². The third-order valence-electron chi connectivity index (χ3n) is 3.50. The molecule has 94 valence electrons. The average Bonchev–Trinajstić information content (AvgIpc) is 2.92. The van der Waals surface area contributed by atoms with Crippen LogP contribution in [0.3, 0.4) is 0 Å². The fraction of sp³-hybridized carbons (Fsp3) is 0.333. The summed E-state index contributed by atoms with van der Waals surface area (Å²) in [6, 6.07) is 10.4. The van der Waals surface area contributed by atoms with Crippen molar-refractivity contribution in [3.8, 4) is 0 Å². The summed E-state index contributed by atoms with van der Waals surface area (Å²) in [5.74, 6) is 0. The number of rotatable bonds is 3. The molecule has 2 N–H and O–H groups in total. The molecule has 18 heavy (non-hydrogen) atoms. The maximum atomic E-state index is 6.30. The fourth-order valence-electron chi connectivity index (χ4n) is 2.51. The predicted molar refractivity (Wildman–Crippen MR) is 78.4 cm³/mol. The Morgan fingerprint density at radius 1 is 1.22 bits per heavy atom. The minimum atomic E-state index is 0.113. The Labute approximate surface area is 117 Å². The van der Waals surface area contributed by atoms with Crippen molar-refractivity contribution in [2.24, 2.45) is 5.73 Å². The van der Waals surface area contributed by atoms with Crippen LogP contribution in [0.1, 0.15) is 33.3 Å². The summed E-state index contributed by atoms with van der Waals surface area (Å²) < 4.78 is 0. The number of hydrogen-bond donors (Lipinski definition) is 1. The largest absolute Gasteiger partial charge is 0.323 e. The van der Waals surface area contributed by atoms with Crippen LogP contribution in [0, 0.1) is 0 Å². The molecule has 0 radical (unpaired) electrons. The molecule has 3 heteroatoms. The van der Waals surface area contributed by atoms with Crippen molar-refractivity contribution in [1.82, 2.24) is 0 Å². The molecule has 0 fully saturated rings. The summed E-state index contributed by atoms with van der Waals surface area (Å²) in [5.41, 5.74) is 9.08. The molecule has 1 aromatic carbocycles. The summed E-state index contributed by atoms with van der Waals surface area (Å²) in [7, 11) is 0. The minimum Gasteiger partial charge on any atom is -0.323 e. The Bertz CT molecular complexity index is 523. The van der Waals surface area contributed by atoms with Crippen molar-refractivity contribution in [2.75, 3.05) is 0 Å². The van der Waals surface area contributed by atoms with Crippen molar-refractivity contribution >= 4 is 22.9 Å². The first-order chi connectivity index (χ1) is 8.72. The quantitative estimate of drug-likeness (QED) is 0.897. The highest BCUT2D eigenvalue weighted by Gasteiger charge is 2.18. The second-order valence-corrected chi connectivity index (χ2v) is 6.49. The first kappa shape index (κ1) is 12.2. The molecule has 1 heterocycles. The van der Waals surface area contributed by atoms with E-state index >= 15 is 0 Å². The summed E-state index contributed by atoms with van der Waals surface area (Å²) in [4.78, 5) is 2.88. The van der Waals surface area contributed by atoms with Gasteiger partial charge in [0.25, 0.3) is 0 Å². The highest BCUT2D eigenvalue weighted by Crippen LogP contribution is 2.34. The molecule has 0 spiro atoms. The van der Waals surface area contributed by atoms with Gasteiger partial charge in [0.1, 0.15) is 0 Å². The molecular formula is C15H16ClNS. The molecule has 0 saturated carbocycles. The summed E-state index contributed by atoms with van der Waals surface area (Å²) in [6.45, 7) is 0. The average molecular weight is 278 g/mol. The molecule has 1 atom stereocenters. The van der Waals surface area contributed by atoms with Crippen molar-refractivity contribution in [3.05, 3.63) is 56.2 Å². The third kappa shape index (κ3) is 2.46. The van der Waals surface area contributed by atoms with Gasteiger partial charge in [-0.2, -0.15) is 0 Å². The van der Waals surface area contributed by atoms with Gasteiger partial charge in [-0.25, -0.2) is 0 Å². The van der Waals surface area contributed by atoms with Crippen LogP contribution in [0.5, 0.6) is 0 Å². The topological polar surface area (TPSA) is 26.0 Å². The number of hydrogen-bond acceptors (Lipinski definition) is 2. The summed E-state index contributed by atoms with van der Waals surface area (Å²) in [6.07, 6.45) is 4.68. The van der Waals surface area contributed by atoms with Crippen LogP contribution in [0.2, 0.25) is 5.02 Å². The van der Waals surface area contributed by atoms with E-state index in [1.165, 1.54) is 35.3 Å². The van der Waals surface area contributed by atoms with Gasteiger partial charge in [-0.3, -0.25) is 0 Å². The van der Waals surface area contributed by atoms with E-state index in [4.69, 9.17) is 17.3 Å². The second kappa shape index (κ2) is 5.04. The van der Waals surface area contributed by atoms with Gasteiger partial charge in [-0.05, 0) is 55.0 Å². The zero-order chi connectivity index (χ0) is 12.5. The zero-order valence-corrected chi connectivity index (χ0v) is 11.7. The van der Waals surface area contributed by atoms with Crippen LogP contribution in [-0.4, -0.2) is 0 Å². The van der Waals surface area contributed by atoms with Gasteiger partial charge in [0, 0.05) is 20.8 Å². The van der Waals surface area contributed by atoms with Gasteiger partial charge in [-0.15, -0.1) is 11.3 Å². The zero-order valence-electron chi connectivity index (χ0n) is 10.2. The van der Waals surface area contributed by atoms with Gasteiger partial charge >= 0.3 is 0 Å². The van der Waals surface area contributed by atoms with E-state index in [1.54, 1.807) is 4.88 Å². The molecule has 1 unspecified atom stereocenters. The van der Waals surface area contributed by atoms with E-state index in [0.29, 0.717) is 0 Å². The molecule has 2 aromatic rings. The molecule has 0 amide bonds. The van der Waals surface area contributed by atoms with Gasteiger partial charge in [0.15, 0.2) is 0 Å². The highest BCUT2D eigenvalue weighted by atomic mass is 35.5. The number of benzene rings is 1. The standard InChI is InChI=1S/C15H16ClNS/c16-12-6-4-10(5-7-12)8-13(17)15-9-11-2-1-3-14(11)18-15/h4-7,9,13H,1-3,8,17H2. The van der Waals surface area contributed by atoms with E-state index < -0.39 is 0 Å². The third-order valence-corrected chi connectivity index (χ3v) is 5.12. The van der Waals surface area contributed by atoms with Crippen LogP contribution in [0.15, 0.2) is 30.3 Å². The second-order valence-electron chi connectivity index (χ2n) is 4.89. The van der Waals surface area contributed by atoms with E-state index in [9.17, 15) is 0 Å². The first-order valence-corrected chi connectivity index (χ1v) is 7.53. The maximum Gasteiger partial charge on any atom is 0.0430 e. The number of fused-ring (bicyclic) bond motifs is 1. The molecule has 0 bridgehead atoms. The molecule has 1 aliphatic rings. The SMILES string of the molecule is NC(Cc1ccc(Cl)cc1)c1cc2c(s1)CCC2. The van der Waals surface area contributed by atoms with Crippen LogP contribution < -0.4 is 5.73 Å². The molecule has 3 rings (SSSR count). The molecule has 1 nitrogen and oxygen atoms in total. The van der Waals surface area contributed by atoms with E-state index in [-0.39, 0.29) is 6.04 Å². The van der Waals surface area contributed by atoms with Gasteiger partial charge in [0.2, 0.25) is 0 Å². The molecular weight excluding hydrogens is 262 g/mol. The minimum absolute atomic E-state index is 0.113. The lowest BCUT2D eigenvalue weighted by atomic mass is 10.0. The van der Waals surface area contributed by atoms with Crippen LogP contribution in [0.25, 0.3) is 0 Å². The van der Waals surface area contributed by atoms with Crippen molar-refractivity contribution in [2.45, 2.75) is 31.7 Å². The van der Waals surface area contributed by atoms with Crippen molar-refractivity contribution < 1.29 is 0 Å². The Kier molecular flexibility index (Phi) is 3.42. The lowest BCUT2D eigenvalue weighted by Gasteiger charge is -2.09. The Morgan fingerprint density at radius 3 is 2.72 bits per heavy atom. The highest BCUT2D eigenvalue weighted by molar-refractivity contribution is 7.12. The monoisotopic (exact) mass is 277 g/mol. The molecule has 0 aliphatic heterocycles. The Balaban J connectivity index is 1.74. The van der Waals surface area contributed by atoms with Crippen molar-refractivity contribution in [1.29, 1.82) is 0 Å². The van der Waals surface area contributed by atoms with Gasteiger partial charge < -0.3 is 5.73 Å². The Hall–Kier alpha value is -0.830. The predicted octanol–water partition coefficient (Wildman–Crippen LogP) is 4.13. The summed E-state index contributed by atoms with van der Waals surface area (Å²) in [5, 5.41) is 0.780. The number of thiophene rings is 1. The first-order valence-electron chi connectivity index (χ1n) is 6.34. The van der Waals surface area contributed by atoms with Gasteiger partial charge in [-0.1, -0.05) is 23.7 Å². The lowest BCUT2D eigenvalue weighted by Crippen LogP contribution is -2.11. The number of nitrogens with two attached hydrogens (primary N) is 1. The van der Waals surface area contributed by atoms with E-state index in [0.717, 1.165) is 11.4 Å². The molecule has 1 aliphatic carbocycles. The normalized spacial score (nSPS) is 15.7.